The summed E-state index contributed by atoms with van der Waals surface area (Å²) >= 11 is 3.16. The number of hydrogen-bond acceptors (Lipinski definition) is 22. The topological polar surface area (TPSA) is 644 Å². The highest BCUT2D eigenvalue weighted by Gasteiger charge is 2.28. The maximum atomic E-state index is 11.6. The Bertz CT molecular complexity index is 2090. The Morgan fingerprint density at radius 2 is 0.716 bits per heavy atom. The van der Waals surface area contributed by atoms with E-state index in [2.05, 4.69) is 103 Å². The Hall–Kier alpha value is -8.55. The van der Waals surface area contributed by atoms with Gasteiger partial charge in [0.25, 0.3) is 0 Å². The molecule has 42 nitrogen and oxygen atoms in total. The van der Waals surface area contributed by atoms with Crippen LogP contribution in [0, 0.1) is 0 Å². The minimum absolute atomic E-state index is 0. The van der Waals surface area contributed by atoms with Crippen LogP contribution in [-0.2, 0) is 57.5 Å². The number of amides is 11. The molecular weight excluding hydrogens is 1200 g/mol. The molecule has 0 bridgehead atoms. The van der Waals surface area contributed by atoms with E-state index in [-0.39, 0.29) is 87.7 Å². The summed E-state index contributed by atoms with van der Waals surface area (Å²) in [5, 5.41) is 40.2. The van der Waals surface area contributed by atoms with E-state index in [0.29, 0.717) is 54.3 Å². The maximum Gasteiger partial charge on any atom is 0.325 e. The summed E-state index contributed by atoms with van der Waals surface area (Å²) in [4.78, 5) is 143. The first-order valence-electron chi connectivity index (χ1n) is 22.0. The molecule has 0 unspecified atom stereocenters. The van der Waals surface area contributed by atoms with E-state index in [1.165, 1.54) is 13.8 Å². The van der Waals surface area contributed by atoms with Gasteiger partial charge >= 0.3 is 5.97 Å². The zero-order chi connectivity index (χ0) is 62.6. The van der Waals surface area contributed by atoms with Crippen molar-refractivity contribution in [3.63, 3.8) is 0 Å². The molecule has 460 valence electrons. The lowest BCUT2D eigenvalue weighted by molar-refractivity contribution is -0.173. The van der Waals surface area contributed by atoms with Gasteiger partial charge in [-0.3, -0.25) is 80.1 Å². The number of carbonyl (C=O) groups is 12. The summed E-state index contributed by atoms with van der Waals surface area (Å²) in [6, 6.07) is 0. The van der Waals surface area contributed by atoms with E-state index in [4.69, 9.17) is 50.2 Å². The lowest BCUT2D eigenvalue weighted by Crippen LogP contribution is -2.54. The SMILES string of the molecule is CC(=O)N(CC(=O)NCCN=[N+]=[N-])N(C(C)=O)C(C)=O.CC(=O)N(CC(=O)O)N(C(C)=O)C(C)=O.CC(=O)NCCBr.CC(=O)NCCN=[N+]=[N-].Cl.Cl.[N-]=[N+]=NCCN.[N-]=[N+]=NCCNC(=O)CNN.[N-]=[N+]=NCCNC(=O)CNN. The van der Waals surface area contributed by atoms with E-state index in [0.717, 1.165) is 58.4 Å². The van der Waals surface area contributed by atoms with Crippen molar-refractivity contribution in [3.8, 4) is 0 Å². The monoisotopic (exact) mass is 1270 g/mol. The fourth-order valence-corrected chi connectivity index (χ4v) is 4.12. The molecule has 0 heterocycles. The third kappa shape index (κ3) is 73.6. The van der Waals surface area contributed by atoms with Crippen LogP contribution < -0.4 is 54.9 Å². The number of alkyl halides is 1. The number of hydrazine groups is 4. The number of rotatable bonds is 24. The minimum atomic E-state index is -1.31. The summed E-state index contributed by atoms with van der Waals surface area (Å²) in [5.74, 6) is 3.24. The molecule has 0 aliphatic carbocycles. The average molecular weight is 1270 g/mol. The normalized spacial score (nSPS) is 8.35. The Morgan fingerprint density at radius 1 is 0.444 bits per heavy atom. The predicted octanol–water partition coefficient (Wildman–Crippen LogP) is -1.40. The fraction of sp³-hybridized carbons (Fsp3) is 0.667. The number of carbonyl (C=O) groups excluding carboxylic acids is 11. The smallest absolute Gasteiger partial charge is 0.325 e. The first kappa shape index (κ1) is 91.9. The zero-order valence-corrected chi connectivity index (χ0v) is 48.8. The first-order valence-corrected chi connectivity index (χ1v) is 23.1. The summed E-state index contributed by atoms with van der Waals surface area (Å²) in [5.41, 5.74) is 48.5. The van der Waals surface area contributed by atoms with Gasteiger partial charge in [-0.15, -0.1) is 24.8 Å². The molecule has 0 saturated carbocycles. The van der Waals surface area contributed by atoms with Crippen LogP contribution in [0.2, 0.25) is 0 Å². The van der Waals surface area contributed by atoms with E-state index < -0.39 is 60.4 Å². The van der Waals surface area contributed by atoms with Gasteiger partial charge in [-0.2, -0.15) is 10.0 Å². The van der Waals surface area contributed by atoms with Crippen LogP contribution in [-0.4, -0.2) is 200 Å². The van der Waals surface area contributed by atoms with Crippen molar-refractivity contribution < 1.29 is 62.6 Å². The summed E-state index contributed by atoms with van der Waals surface area (Å²) < 4.78 is 0. The highest BCUT2D eigenvalue weighted by atomic mass is 79.9. The quantitative estimate of drug-likeness (QED) is 0.0101. The van der Waals surface area contributed by atoms with E-state index in [1.54, 1.807) is 0 Å². The predicted molar refractivity (Wildman–Crippen MR) is 297 cm³/mol. The number of halogens is 3. The van der Waals surface area contributed by atoms with Gasteiger partial charge in [0.05, 0.1) is 13.1 Å². The van der Waals surface area contributed by atoms with Crippen LogP contribution in [0.15, 0.2) is 25.6 Å². The Balaban J connectivity index is -0.000000110. The minimum Gasteiger partial charge on any atom is -0.480 e. The Labute approximate surface area is 484 Å². The van der Waals surface area contributed by atoms with E-state index >= 15 is 0 Å². The van der Waals surface area contributed by atoms with Gasteiger partial charge < -0.3 is 37.4 Å². The molecule has 0 atom stereocenters. The van der Waals surface area contributed by atoms with Crippen LogP contribution in [0.3, 0.4) is 0 Å². The van der Waals surface area contributed by atoms with Crippen molar-refractivity contribution in [2.45, 2.75) is 55.4 Å². The van der Waals surface area contributed by atoms with Crippen molar-refractivity contribution in [3.05, 3.63) is 52.2 Å². The lowest BCUT2D eigenvalue weighted by atomic mass is 10.4. The second kappa shape index (κ2) is 67.6. The molecule has 0 radical (unpaired) electrons. The lowest BCUT2D eigenvalue weighted by Gasteiger charge is -2.30. The van der Waals surface area contributed by atoms with Gasteiger partial charge in [0.15, 0.2) is 0 Å². The zero-order valence-electron chi connectivity index (χ0n) is 45.6. The maximum absolute atomic E-state index is 11.6. The van der Waals surface area contributed by atoms with Gasteiger partial charge in [-0.1, -0.05) is 41.5 Å². The number of carboxylic acid groups (broad SMARTS) is 1. The van der Waals surface area contributed by atoms with Crippen molar-refractivity contribution in [1.29, 1.82) is 0 Å². The molecule has 0 aromatic rings. The number of carboxylic acids is 1. The van der Waals surface area contributed by atoms with E-state index in [1.807, 2.05) is 0 Å². The largest absolute Gasteiger partial charge is 0.480 e. The standard InChI is InChI=1S/C10H16N6O4.C8H12N2O5.C4H8BrNO.2C4H10N6O.C4H8N4O.C2H6N4.2ClH/c1-7(17)15(16(8(2)18)9(3)19)6-10(20)12-4-5-13-14-11;1-5(11)9(4-8(14)15)10(6(2)12)7(3)13;1-4(7)6-3-2-5;2*5-8-3-4(11)7-1-2-9-10-6;1-4(9)6-2-3-7-8-5;3-1-2-5-6-4;;/h4-6H2,1-3H3,(H,12,20);4H2,1-3H3,(H,14,15);2-3H2,1H3,(H,6,7);2*8H,1-3,5H2,(H,7,11);2-3H2,1H3,(H,6,9);1-3H2;2*1H. The summed E-state index contributed by atoms with van der Waals surface area (Å²) in [7, 11) is 0. The number of nitrogens with one attached hydrogen (secondary N) is 7. The summed E-state index contributed by atoms with van der Waals surface area (Å²) in [6.45, 7) is 12.0. The molecular formula is C36H72BrCl2N29O13. The van der Waals surface area contributed by atoms with Crippen LogP contribution in [0.1, 0.15) is 55.4 Å². The van der Waals surface area contributed by atoms with Crippen molar-refractivity contribution in [2.75, 3.05) is 104 Å². The van der Waals surface area contributed by atoms with Gasteiger partial charge in [0.2, 0.25) is 65.0 Å². The third-order valence-electron chi connectivity index (χ3n) is 6.71. The van der Waals surface area contributed by atoms with Crippen LogP contribution >= 0.6 is 40.7 Å². The molecule has 11 amide bonds. The molecule has 0 aromatic heterocycles. The number of nitrogens with zero attached hydrogens (tertiary/aromatic N) is 19. The number of hydrogen-bond donors (Lipinski definition) is 11. The van der Waals surface area contributed by atoms with Crippen molar-refractivity contribution in [2.24, 2.45) is 43.0 Å². The highest BCUT2D eigenvalue weighted by molar-refractivity contribution is 9.09. The Kier molecular flexibility index (Phi) is 76.6. The molecule has 81 heavy (non-hydrogen) atoms. The van der Waals surface area contributed by atoms with Crippen molar-refractivity contribution >= 4 is 112 Å². The van der Waals surface area contributed by atoms with Crippen LogP contribution in [0.5, 0.6) is 0 Å². The van der Waals surface area contributed by atoms with Crippen LogP contribution in [0.25, 0.3) is 52.2 Å². The number of azide groups is 5. The molecule has 0 saturated heterocycles. The van der Waals surface area contributed by atoms with Gasteiger partial charge in [0.1, 0.15) is 13.1 Å². The molecule has 0 rings (SSSR count). The molecule has 45 heteroatoms. The highest BCUT2D eigenvalue weighted by Crippen LogP contribution is 2.02. The van der Waals surface area contributed by atoms with Crippen LogP contribution in [0.4, 0.5) is 0 Å². The molecule has 0 aliphatic heterocycles. The Morgan fingerprint density at radius 3 is 0.926 bits per heavy atom. The number of imide groups is 2. The molecule has 0 fully saturated rings. The fourth-order valence-electron chi connectivity index (χ4n) is 3.92. The number of nitrogens with two attached hydrogens (primary N) is 3. The molecule has 0 aromatic carbocycles. The van der Waals surface area contributed by atoms with Gasteiger partial charge in [-0.05, 0) is 34.2 Å². The third-order valence-corrected chi connectivity index (χ3v) is 7.10. The van der Waals surface area contributed by atoms with Gasteiger partial charge in [-0.25, -0.2) is 10.0 Å². The summed E-state index contributed by atoms with van der Waals surface area (Å²) in [6.07, 6.45) is 0. The second-order valence-electron chi connectivity index (χ2n) is 13.3. The van der Waals surface area contributed by atoms with Gasteiger partial charge in [0, 0.05) is 151 Å². The second-order valence-corrected chi connectivity index (χ2v) is 14.1. The van der Waals surface area contributed by atoms with E-state index in [9.17, 15) is 57.5 Å². The average Bonchev–Trinajstić information content (AvgIpc) is 3.36. The van der Waals surface area contributed by atoms with Crippen molar-refractivity contribution in [1.82, 2.24) is 57.5 Å². The first-order chi connectivity index (χ1) is 37.1. The molecule has 0 aliphatic rings. The molecule has 14 N–H and O–H groups in total. The number of aliphatic carboxylic acids is 1. The molecule has 0 spiro atoms.